The molecule has 0 bridgehead atoms. The number of ether oxygens (including phenoxy) is 1. The van der Waals surface area contributed by atoms with E-state index in [-0.39, 0.29) is 36.4 Å². The van der Waals surface area contributed by atoms with Crippen LogP contribution in [0.1, 0.15) is 19.0 Å². The van der Waals surface area contributed by atoms with Crippen LogP contribution in [-0.2, 0) is 23.1 Å². The third-order valence-corrected chi connectivity index (χ3v) is 3.63. The Morgan fingerprint density at radius 3 is 2.64 bits per heavy atom. The van der Waals surface area contributed by atoms with E-state index < -0.39 is 0 Å². The van der Waals surface area contributed by atoms with E-state index in [1.54, 1.807) is 19.0 Å². The van der Waals surface area contributed by atoms with Gasteiger partial charge in [-0.2, -0.15) is 0 Å². The summed E-state index contributed by atoms with van der Waals surface area (Å²) in [7, 11) is 7.47. The number of aromatic nitrogens is 1. The zero-order valence-corrected chi connectivity index (χ0v) is 18.3. The molecule has 7 nitrogen and oxygen atoms in total. The Labute approximate surface area is 168 Å². The van der Waals surface area contributed by atoms with E-state index in [1.165, 1.54) is 5.69 Å². The van der Waals surface area contributed by atoms with Crippen LogP contribution in [0.4, 0.5) is 0 Å². The summed E-state index contributed by atoms with van der Waals surface area (Å²) in [4.78, 5) is 19.8. The number of nitrogens with one attached hydrogen (secondary N) is 1. The molecule has 0 radical (unpaired) electrons. The molecule has 1 aromatic heterocycles. The average molecular weight is 465 g/mol. The van der Waals surface area contributed by atoms with E-state index in [0.29, 0.717) is 0 Å². The molecule has 0 aromatic carbocycles. The quantitative estimate of drug-likeness (QED) is 0.260. The van der Waals surface area contributed by atoms with Crippen LogP contribution in [0.5, 0.6) is 0 Å². The number of aryl methyl sites for hydroxylation is 1. The van der Waals surface area contributed by atoms with Crippen LogP contribution in [0, 0.1) is 0 Å². The van der Waals surface area contributed by atoms with Gasteiger partial charge in [-0.25, -0.2) is 4.99 Å². The summed E-state index contributed by atoms with van der Waals surface area (Å²) < 4.78 is 7.43. The second-order valence-electron chi connectivity index (χ2n) is 5.87. The van der Waals surface area contributed by atoms with Crippen molar-refractivity contribution in [2.75, 3.05) is 47.4 Å². The number of hydrogen-bond acceptors (Lipinski definition) is 3. The molecule has 1 amide bonds. The van der Waals surface area contributed by atoms with Crippen LogP contribution in [0.3, 0.4) is 0 Å². The first kappa shape index (κ1) is 23.7. The molecule has 1 aromatic rings. The second-order valence-corrected chi connectivity index (χ2v) is 5.87. The molecule has 0 atom stereocenters. The Morgan fingerprint density at radius 2 is 2.08 bits per heavy atom. The lowest BCUT2D eigenvalue weighted by Crippen LogP contribution is -2.40. The fourth-order valence-electron chi connectivity index (χ4n) is 2.09. The lowest BCUT2D eigenvalue weighted by molar-refractivity contribution is -0.127. The maximum absolute atomic E-state index is 11.8. The zero-order chi connectivity index (χ0) is 17.9. The van der Waals surface area contributed by atoms with Gasteiger partial charge in [0.05, 0.1) is 6.54 Å². The van der Waals surface area contributed by atoms with E-state index in [4.69, 9.17) is 4.74 Å². The van der Waals surface area contributed by atoms with Crippen molar-refractivity contribution in [3.05, 3.63) is 24.0 Å². The van der Waals surface area contributed by atoms with Gasteiger partial charge in [-0.3, -0.25) is 4.79 Å². The normalized spacial score (nSPS) is 11.0. The Hall–Kier alpha value is -1.29. The largest absolute Gasteiger partial charge is 0.382 e. The predicted molar refractivity (Wildman–Crippen MR) is 112 cm³/mol. The zero-order valence-electron chi connectivity index (χ0n) is 16.0. The van der Waals surface area contributed by atoms with E-state index in [0.717, 1.165) is 38.7 Å². The third kappa shape index (κ3) is 9.10. The molecule has 1 heterocycles. The smallest absolute Gasteiger partial charge is 0.243 e. The van der Waals surface area contributed by atoms with Crippen molar-refractivity contribution in [1.82, 2.24) is 19.7 Å². The maximum Gasteiger partial charge on any atom is 0.243 e. The highest BCUT2D eigenvalue weighted by molar-refractivity contribution is 14.0. The summed E-state index contributed by atoms with van der Waals surface area (Å²) in [5.74, 6) is 0.707. The minimum atomic E-state index is -0.0177. The van der Waals surface area contributed by atoms with E-state index in [1.807, 2.05) is 38.2 Å². The van der Waals surface area contributed by atoms with Gasteiger partial charge in [0, 0.05) is 59.8 Å². The number of likely N-dealkylation sites (N-methyl/N-ethyl adjacent to an activating group) is 1. The van der Waals surface area contributed by atoms with Gasteiger partial charge in [0.2, 0.25) is 5.91 Å². The number of carbonyl (C=O) groups excluding carboxylic acids is 1. The van der Waals surface area contributed by atoms with Gasteiger partial charge in [-0.15, -0.1) is 24.0 Å². The molecule has 0 aliphatic rings. The number of carbonyl (C=O) groups is 1. The number of aliphatic imine (C=N–C) groups is 1. The molecular weight excluding hydrogens is 433 g/mol. The maximum atomic E-state index is 11.8. The molecule has 8 heteroatoms. The van der Waals surface area contributed by atoms with Crippen molar-refractivity contribution in [1.29, 1.82) is 0 Å². The van der Waals surface area contributed by atoms with Crippen molar-refractivity contribution in [2.45, 2.75) is 19.9 Å². The molecule has 0 spiro atoms. The summed E-state index contributed by atoms with van der Waals surface area (Å²) in [5, 5.41) is 3.32. The van der Waals surface area contributed by atoms with Crippen molar-refractivity contribution in [3.8, 4) is 0 Å². The topological polar surface area (TPSA) is 62.1 Å². The van der Waals surface area contributed by atoms with Crippen LogP contribution in [-0.4, -0.2) is 73.7 Å². The minimum absolute atomic E-state index is 0. The molecule has 144 valence electrons. The fourth-order valence-corrected chi connectivity index (χ4v) is 2.09. The van der Waals surface area contributed by atoms with Crippen LogP contribution in [0.2, 0.25) is 0 Å². The van der Waals surface area contributed by atoms with E-state index >= 15 is 0 Å². The van der Waals surface area contributed by atoms with E-state index in [2.05, 4.69) is 20.9 Å². The van der Waals surface area contributed by atoms with Gasteiger partial charge in [0.1, 0.15) is 6.54 Å². The molecule has 0 unspecified atom stereocenters. The first-order valence-corrected chi connectivity index (χ1v) is 8.33. The fraction of sp³-hybridized carbons (Fsp3) is 0.647. The van der Waals surface area contributed by atoms with Crippen molar-refractivity contribution in [2.24, 2.45) is 12.0 Å². The highest BCUT2D eigenvalue weighted by Gasteiger charge is 2.10. The number of rotatable bonds is 9. The van der Waals surface area contributed by atoms with Gasteiger partial charge in [-0.05, 0) is 25.5 Å². The van der Waals surface area contributed by atoms with Gasteiger partial charge >= 0.3 is 0 Å². The molecule has 0 saturated heterocycles. The Bertz CT molecular complexity index is 531. The van der Waals surface area contributed by atoms with Crippen LogP contribution >= 0.6 is 24.0 Å². The Balaban J connectivity index is 0.00000576. The molecule has 0 fully saturated rings. The van der Waals surface area contributed by atoms with Crippen molar-refractivity contribution in [3.63, 3.8) is 0 Å². The lowest BCUT2D eigenvalue weighted by Gasteiger charge is -2.23. The minimum Gasteiger partial charge on any atom is -0.382 e. The molecule has 0 aliphatic heterocycles. The number of halogens is 1. The van der Waals surface area contributed by atoms with Crippen molar-refractivity contribution >= 4 is 35.8 Å². The summed E-state index contributed by atoms with van der Waals surface area (Å²) in [6.45, 7) is 5.04. The highest BCUT2D eigenvalue weighted by atomic mass is 127. The summed E-state index contributed by atoms with van der Waals surface area (Å²) in [6, 6.07) is 4.10. The highest BCUT2D eigenvalue weighted by Crippen LogP contribution is 2.04. The Kier molecular flexibility index (Phi) is 12.3. The van der Waals surface area contributed by atoms with Gasteiger partial charge in [-0.1, -0.05) is 0 Å². The summed E-state index contributed by atoms with van der Waals surface area (Å²) >= 11 is 0. The van der Waals surface area contributed by atoms with Crippen LogP contribution < -0.4 is 5.32 Å². The molecule has 0 saturated carbocycles. The second kappa shape index (κ2) is 13.0. The number of nitrogens with zero attached hydrogens (tertiary/aromatic N) is 4. The first-order chi connectivity index (χ1) is 11.5. The van der Waals surface area contributed by atoms with Crippen LogP contribution in [0.15, 0.2) is 23.3 Å². The summed E-state index contributed by atoms with van der Waals surface area (Å²) in [6.07, 6.45) is 2.91. The first-order valence-electron chi connectivity index (χ1n) is 8.33. The number of hydrogen-bond donors (Lipinski definition) is 1. The van der Waals surface area contributed by atoms with Gasteiger partial charge < -0.3 is 24.4 Å². The van der Waals surface area contributed by atoms with Gasteiger partial charge in [0.15, 0.2) is 5.96 Å². The van der Waals surface area contributed by atoms with Gasteiger partial charge in [0.25, 0.3) is 0 Å². The lowest BCUT2D eigenvalue weighted by atomic mass is 10.4. The standard InChI is InChI=1S/C17H31N5O2.HI/c1-6-24-12-8-10-18-17(19-13-16(23)20(2)3)22(5)14-15-9-7-11-21(15)4;/h7,9,11H,6,8,10,12-14H2,1-5H3,(H,18,19);1H. The number of guanidine groups is 1. The molecule has 25 heavy (non-hydrogen) atoms. The Morgan fingerprint density at radius 1 is 1.36 bits per heavy atom. The van der Waals surface area contributed by atoms with Crippen LogP contribution in [0.25, 0.3) is 0 Å². The molecular formula is C17H32IN5O2. The van der Waals surface area contributed by atoms with Crippen molar-refractivity contribution < 1.29 is 9.53 Å². The van der Waals surface area contributed by atoms with E-state index in [9.17, 15) is 4.79 Å². The molecule has 1 N–H and O–H groups in total. The molecule has 1 rings (SSSR count). The SMILES string of the molecule is CCOCCCNC(=NCC(=O)N(C)C)N(C)Cc1cccn1C.I. The molecule has 0 aliphatic carbocycles. The third-order valence-electron chi connectivity index (χ3n) is 3.63. The monoisotopic (exact) mass is 465 g/mol. The predicted octanol–water partition coefficient (Wildman–Crippen LogP) is 1.54. The average Bonchev–Trinajstić information content (AvgIpc) is 2.94. The number of amides is 1. The summed E-state index contributed by atoms with van der Waals surface area (Å²) in [5.41, 5.74) is 1.18.